The first-order valence-corrected chi connectivity index (χ1v) is 14.3. The van der Waals surface area contributed by atoms with Crippen molar-refractivity contribution >= 4 is 11.9 Å². The molecule has 0 saturated heterocycles. The van der Waals surface area contributed by atoms with Crippen molar-refractivity contribution in [2.75, 3.05) is 0 Å². The molecule has 0 N–H and O–H groups in total. The smallest absolute Gasteiger partial charge is 0.338 e. The summed E-state index contributed by atoms with van der Waals surface area (Å²) in [6.07, 6.45) is 4.05. The lowest BCUT2D eigenvalue weighted by atomic mass is 9.51. The first-order chi connectivity index (χ1) is 19.6. The lowest BCUT2D eigenvalue weighted by Gasteiger charge is -2.57. The zero-order valence-electron chi connectivity index (χ0n) is 22.6. The summed E-state index contributed by atoms with van der Waals surface area (Å²) in [5.41, 5.74) is 2.28. The first kappa shape index (κ1) is 26.1. The number of rotatable bonds is 6. The maximum atomic E-state index is 13.7. The van der Waals surface area contributed by atoms with Crippen LogP contribution in [0.15, 0.2) is 121 Å². The highest BCUT2D eigenvalue weighted by atomic mass is 16.6. The second-order valence-corrected chi connectivity index (χ2v) is 11.1. The van der Waals surface area contributed by atoms with Gasteiger partial charge in [0.1, 0.15) is 12.2 Å². The van der Waals surface area contributed by atoms with E-state index in [1.54, 1.807) is 24.3 Å². The molecule has 4 aromatic carbocycles. The Morgan fingerprint density at radius 1 is 0.475 bits per heavy atom. The van der Waals surface area contributed by atoms with Crippen LogP contribution >= 0.6 is 0 Å². The molecule has 202 valence electrons. The number of esters is 2. The van der Waals surface area contributed by atoms with Crippen LogP contribution in [-0.4, -0.2) is 24.1 Å². The van der Waals surface area contributed by atoms with Crippen LogP contribution in [0, 0.1) is 0 Å². The summed E-state index contributed by atoms with van der Waals surface area (Å²) < 4.78 is 13.2. The summed E-state index contributed by atoms with van der Waals surface area (Å²) in [6, 6.07) is 39.0. The van der Waals surface area contributed by atoms with Gasteiger partial charge in [-0.25, -0.2) is 9.59 Å². The van der Waals surface area contributed by atoms with Crippen LogP contribution < -0.4 is 0 Å². The average molecular weight is 531 g/mol. The number of hydrogen-bond donors (Lipinski definition) is 0. The minimum absolute atomic E-state index is 0.392. The summed E-state index contributed by atoms with van der Waals surface area (Å²) in [6.45, 7) is 0. The van der Waals surface area contributed by atoms with Crippen molar-refractivity contribution < 1.29 is 19.1 Å². The fourth-order valence-electron chi connectivity index (χ4n) is 7.04. The minimum atomic E-state index is -0.662. The van der Waals surface area contributed by atoms with Crippen molar-refractivity contribution in [3.8, 4) is 0 Å². The van der Waals surface area contributed by atoms with Gasteiger partial charge < -0.3 is 9.47 Å². The molecular weight excluding hydrogens is 496 g/mol. The van der Waals surface area contributed by atoms with Crippen molar-refractivity contribution in [3.63, 3.8) is 0 Å². The fourth-order valence-corrected chi connectivity index (χ4v) is 7.04. The van der Waals surface area contributed by atoms with Gasteiger partial charge in [0.25, 0.3) is 0 Å². The molecule has 4 heteroatoms. The first-order valence-electron chi connectivity index (χ1n) is 14.3. The molecule has 0 radical (unpaired) electrons. The normalized spacial score (nSPS) is 25.8. The van der Waals surface area contributed by atoms with E-state index in [-0.39, 0.29) is 0 Å². The van der Waals surface area contributed by atoms with Gasteiger partial charge in [-0.15, -0.1) is 0 Å². The van der Waals surface area contributed by atoms with Crippen LogP contribution in [0.3, 0.4) is 0 Å². The van der Waals surface area contributed by atoms with Gasteiger partial charge in [0, 0.05) is 10.8 Å². The van der Waals surface area contributed by atoms with Gasteiger partial charge in [0.2, 0.25) is 0 Å². The minimum Gasteiger partial charge on any atom is -0.454 e. The van der Waals surface area contributed by atoms with Crippen molar-refractivity contribution in [3.05, 3.63) is 144 Å². The Morgan fingerprint density at radius 3 is 1.15 bits per heavy atom. The molecule has 2 aliphatic carbocycles. The number of fused-ring (bicyclic) bond motifs is 3. The summed E-state index contributed by atoms with van der Waals surface area (Å²) in [5, 5.41) is 0. The highest BCUT2D eigenvalue weighted by molar-refractivity contribution is 5.90. The third-order valence-electron chi connectivity index (χ3n) is 9.06. The molecule has 6 rings (SSSR count). The lowest BCUT2D eigenvalue weighted by Crippen LogP contribution is -2.63. The van der Waals surface area contributed by atoms with Crippen molar-refractivity contribution in [1.82, 2.24) is 0 Å². The topological polar surface area (TPSA) is 52.6 Å². The molecule has 4 aromatic rings. The van der Waals surface area contributed by atoms with E-state index in [4.69, 9.17) is 9.47 Å². The lowest BCUT2D eigenvalue weighted by molar-refractivity contribution is -0.129. The maximum Gasteiger partial charge on any atom is 0.338 e. The molecule has 4 atom stereocenters. The molecule has 2 saturated carbocycles. The van der Waals surface area contributed by atoms with E-state index in [1.807, 2.05) is 72.8 Å². The highest BCUT2D eigenvalue weighted by Crippen LogP contribution is 2.57. The maximum absolute atomic E-state index is 13.7. The van der Waals surface area contributed by atoms with Gasteiger partial charge in [-0.05, 0) is 61.1 Å². The fraction of sp³-hybridized carbons (Fsp3) is 0.278. The molecule has 2 aliphatic rings. The zero-order valence-corrected chi connectivity index (χ0v) is 22.6. The van der Waals surface area contributed by atoms with E-state index < -0.39 is 35.0 Å². The molecule has 2 bridgehead atoms. The van der Waals surface area contributed by atoms with Gasteiger partial charge in [0.15, 0.2) is 0 Å². The van der Waals surface area contributed by atoms with E-state index in [0.717, 1.165) is 49.7 Å². The number of carbonyl (C=O) groups is 2. The highest BCUT2D eigenvalue weighted by Gasteiger charge is 2.61. The van der Waals surface area contributed by atoms with E-state index in [9.17, 15) is 9.59 Å². The molecule has 0 heterocycles. The van der Waals surface area contributed by atoms with Gasteiger partial charge in [-0.3, -0.25) is 0 Å². The van der Waals surface area contributed by atoms with Crippen LogP contribution in [-0.2, 0) is 20.3 Å². The van der Waals surface area contributed by atoms with Gasteiger partial charge in [-0.1, -0.05) is 110 Å². The molecule has 0 spiro atoms. The molecule has 0 amide bonds. The second kappa shape index (κ2) is 11.1. The Kier molecular flexibility index (Phi) is 7.25. The van der Waals surface area contributed by atoms with Gasteiger partial charge >= 0.3 is 11.9 Å². The molecule has 0 aliphatic heterocycles. The van der Waals surface area contributed by atoms with Crippen molar-refractivity contribution in [2.45, 2.75) is 61.6 Å². The van der Waals surface area contributed by atoms with E-state index in [2.05, 4.69) is 24.3 Å². The zero-order chi connectivity index (χ0) is 27.4. The monoisotopic (exact) mass is 530 g/mol. The summed E-state index contributed by atoms with van der Waals surface area (Å²) in [7, 11) is 0. The van der Waals surface area contributed by atoms with Crippen molar-refractivity contribution in [1.29, 1.82) is 0 Å². The standard InChI is InChI=1S/C36H34O4/c37-33(27-15-5-1-6-16-27)39-31-32(40-34(38)28-17-7-2-8-18-28)36(30-21-11-4-12-22-30)24-14-13-23-35(31,25-26-36)29-19-9-3-10-20-29/h1-12,15-22,31-32H,13-14,23-26H2. The Morgan fingerprint density at radius 2 is 0.800 bits per heavy atom. The predicted molar refractivity (Wildman–Crippen MR) is 155 cm³/mol. The van der Waals surface area contributed by atoms with Crippen LogP contribution in [0.1, 0.15) is 70.4 Å². The molecule has 4 unspecified atom stereocenters. The Balaban J connectivity index is 1.53. The summed E-state index contributed by atoms with van der Waals surface area (Å²) in [4.78, 5) is 27.5. The summed E-state index contributed by atoms with van der Waals surface area (Å²) >= 11 is 0. The van der Waals surface area contributed by atoms with Crippen LogP contribution in [0.5, 0.6) is 0 Å². The van der Waals surface area contributed by atoms with Crippen LogP contribution in [0.25, 0.3) is 0 Å². The third-order valence-corrected chi connectivity index (χ3v) is 9.06. The van der Waals surface area contributed by atoms with Gasteiger partial charge in [0.05, 0.1) is 11.1 Å². The largest absolute Gasteiger partial charge is 0.454 e. The third kappa shape index (κ3) is 4.72. The van der Waals surface area contributed by atoms with E-state index >= 15 is 0 Å². The Bertz CT molecular complexity index is 1320. The Hall–Kier alpha value is -4.18. The summed E-state index contributed by atoms with van der Waals surface area (Å²) in [5.74, 6) is -0.785. The van der Waals surface area contributed by atoms with E-state index in [1.165, 1.54) is 0 Å². The molecule has 0 aromatic heterocycles. The second-order valence-electron chi connectivity index (χ2n) is 11.1. The van der Waals surface area contributed by atoms with Gasteiger partial charge in [-0.2, -0.15) is 0 Å². The quantitative estimate of drug-likeness (QED) is 0.240. The predicted octanol–water partition coefficient (Wildman–Crippen LogP) is 7.68. The number of ether oxygens (including phenoxy) is 2. The average Bonchev–Trinajstić information content (AvgIpc) is 3.01. The molecular formula is C36H34O4. The molecule has 2 fully saturated rings. The molecule has 40 heavy (non-hydrogen) atoms. The van der Waals surface area contributed by atoms with Crippen LogP contribution in [0.2, 0.25) is 0 Å². The Labute approximate surface area is 236 Å². The van der Waals surface area contributed by atoms with Crippen molar-refractivity contribution in [2.24, 2.45) is 0 Å². The SMILES string of the molecule is O=C(OC1C(OC(=O)c2ccccc2)C2(c3ccccc3)CCCCC1(c1ccccc1)CC2)c1ccccc1. The molecule has 4 nitrogen and oxygen atoms in total. The number of hydrogen-bond acceptors (Lipinski definition) is 4. The van der Waals surface area contributed by atoms with Crippen LogP contribution in [0.4, 0.5) is 0 Å². The number of benzene rings is 4. The number of carbonyl (C=O) groups excluding carboxylic acids is 2. The van der Waals surface area contributed by atoms with E-state index in [0.29, 0.717) is 11.1 Å².